The molecule has 3 rings (SSSR count). The maximum Gasteiger partial charge on any atom is 0.305 e. The molecule has 0 spiro atoms. The molecule has 2 aromatic carbocycles. The van der Waals surface area contributed by atoms with Crippen molar-refractivity contribution >= 4 is 40.9 Å². The van der Waals surface area contributed by atoms with Gasteiger partial charge in [-0.15, -0.1) is 11.8 Å². The standard InChI is InChI=1S/C19H18ClNO5S/c1-25-13-4-3-5-14(26-2)17(13)18-11-8-10(20)6-7-12(11)21-19(24)15(27-18)9-16(22)23/h3-8,15,18H,9H2,1-2H3,(H,21,24)(H,22,23). The number of carboxylic acid groups (broad SMARTS) is 1. The summed E-state index contributed by atoms with van der Waals surface area (Å²) in [5.41, 5.74) is 2.07. The van der Waals surface area contributed by atoms with Crippen molar-refractivity contribution in [3.8, 4) is 11.5 Å². The zero-order valence-electron chi connectivity index (χ0n) is 14.7. The molecule has 142 valence electrons. The number of rotatable bonds is 5. The number of anilines is 1. The number of hydrogen-bond donors (Lipinski definition) is 2. The maximum atomic E-state index is 12.6. The predicted molar refractivity (Wildman–Crippen MR) is 105 cm³/mol. The summed E-state index contributed by atoms with van der Waals surface area (Å²) in [7, 11) is 3.10. The average Bonchev–Trinajstić information content (AvgIpc) is 2.77. The first-order chi connectivity index (χ1) is 12.9. The van der Waals surface area contributed by atoms with Crippen molar-refractivity contribution < 1.29 is 24.2 Å². The summed E-state index contributed by atoms with van der Waals surface area (Å²) in [6.45, 7) is 0. The van der Waals surface area contributed by atoms with E-state index >= 15 is 0 Å². The second-order valence-corrected chi connectivity index (χ2v) is 7.65. The Hall–Kier alpha value is -2.38. The highest BCUT2D eigenvalue weighted by Crippen LogP contribution is 2.51. The summed E-state index contributed by atoms with van der Waals surface area (Å²) in [6, 6.07) is 10.6. The molecule has 0 aliphatic carbocycles. The fourth-order valence-corrected chi connectivity index (χ4v) is 4.68. The Morgan fingerprint density at radius 2 is 1.89 bits per heavy atom. The monoisotopic (exact) mass is 407 g/mol. The third-order valence-corrected chi connectivity index (χ3v) is 5.94. The zero-order chi connectivity index (χ0) is 19.6. The number of amides is 1. The molecular formula is C19H18ClNO5S. The molecule has 1 amide bonds. The van der Waals surface area contributed by atoms with Crippen LogP contribution in [0.25, 0.3) is 0 Å². The van der Waals surface area contributed by atoms with E-state index in [0.717, 1.165) is 11.1 Å². The lowest BCUT2D eigenvalue weighted by Crippen LogP contribution is -2.26. The Morgan fingerprint density at radius 1 is 1.22 bits per heavy atom. The van der Waals surface area contributed by atoms with Gasteiger partial charge in [0.15, 0.2) is 0 Å². The molecule has 2 unspecified atom stereocenters. The van der Waals surface area contributed by atoms with Crippen molar-refractivity contribution in [3.05, 3.63) is 52.5 Å². The Labute approximate surface area is 165 Å². The number of methoxy groups -OCH3 is 2. The first-order valence-electron chi connectivity index (χ1n) is 8.13. The van der Waals surface area contributed by atoms with E-state index in [0.29, 0.717) is 22.2 Å². The van der Waals surface area contributed by atoms with Crippen molar-refractivity contribution in [1.29, 1.82) is 0 Å². The molecule has 1 aliphatic rings. The quantitative estimate of drug-likeness (QED) is 0.779. The topological polar surface area (TPSA) is 84.9 Å². The Morgan fingerprint density at radius 3 is 2.48 bits per heavy atom. The van der Waals surface area contributed by atoms with Gasteiger partial charge in [0, 0.05) is 10.7 Å². The minimum atomic E-state index is -1.04. The molecule has 0 aromatic heterocycles. The molecule has 0 fully saturated rings. The summed E-state index contributed by atoms with van der Waals surface area (Å²) in [4.78, 5) is 23.9. The fourth-order valence-electron chi connectivity index (χ4n) is 3.04. The third-order valence-electron chi connectivity index (χ3n) is 4.23. The van der Waals surface area contributed by atoms with Crippen LogP contribution in [0.2, 0.25) is 5.02 Å². The van der Waals surface area contributed by atoms with Gasteiger partial charge in [0.05, 0.1) is 36.7 Å². The van der Waals surface area contributed by atoms with Crippen molar-refractivity contribution in [1.82, 2.24) is 0 Å². The SMILES string of the molecule is COc1cccc(OC)c1C1SC(CC(=O)O)C(=O)Nc2ccc(Cl)cc21. The lowest BCUT2D eigenvalue weighted by Gasteiger charge is -2.23. The van der Waals surface area contributed by atoms with Crippen molar-refractivity contribution in [3.63, 3.8) is 0 Å². The molecular weight excluding hydrogens is 390 g/mol. The number of benzene rings is 2. The van der Waals surface area contributed by atoms with Gasteiger partial charge < -0.3 is 19.9 Å². The fraction of sp³-hybridized carbons (Fsp3) is 0.263. The molecule has 0 saturated carbocycles. The van der Waals surface area contributed by atoms with Crippen molar-refractivity contribution in [2.75, 3.05) is 19.5 Å². The van der Waals surface area contributed by atoms with Crippen LogP contribution >= 0.6 is 23.4 Å². The minimum absolute atomic E-state index is 0.299. The highest BCUT2D eigenvalue weighted by molar-refractivity contribution is 8.01. The van der Waals surface area contributed by atoms with Crippen molar-refractivity contribution in [2.45, 2.75) is 16.9 Å². The van der Waals surface area contributed by atoms with Gasteiger partial charge in [0.1, 0.15) is 11.5 Å². The van der Waals surface area contributed by atoms with E-state index < -0.39 is 16.5 Å². The van der Waals surface area contributed by atoms with Crippen LogP contribution in [0.1, 0.15) is 22.8 Å². The number of carbonyl (C=O) groups excluding carboxylic acids is 1. The second kappa shape index (κ2) is 8.10. The van der Waals surface area contributed by atoms with Crippen LogP contribution < -0.4 is 14.8 Å². The van der Waals surface area contributed by atoms with Gasteiger partial charge in [0.2, 0.25) is 5.91 Å². The lowest BCUT2D eigenvalue weighted by molar-refractivity contribution is -0.138. The summed E-state index contributed by atoms with van der Waals surface area (Å²) >= 11 is 7.45. The van der Waals surface area contributed by atoms with E-state index in [1.54, 1.807) is 50.6 Å². The van der Waals surface area contributed by atoms with E-state index in [-0.39, 0.29) is 12.3 Å². The van der Waals surface area contributed by atoms with E-state index in [2.05, 4.69) is 5.32 Å². The maximum absolute atomic E-state index is 12.6. The van der Waals surface area contributed by atoms with Crippen LogP contribution in [0.3, 0.4) is 0 Å². The first kappa shape index (κ1) is 19.4. The first-order valence-corrected chi connectivity index (χ1v) is 9.45. The Balaban J connectivity index is 2.21. The molecule has 8 heteroatoms. The number of carbonyl (C=O) groups is 2. The lowest BCUT2D eigenvalue weighted by atomic mass is 10.0. The van der Waals surface area contributed by atoms with Gasteiger partial charge in [-0.3, -0.25) is 9.59 Å². The van der Waals surface area contributed by atoms with Crippen LogP contribution in [0, 0.1) is 0 Å². The number of nitrogens with one attached hydrogen (secondary N) is 1. The number of ether oxygens (including phenoxy) is 2. The molecule has 0 radical (unpaired) electrons. The third kappa shape index (κ3) is 3.99. The summed E-state index contributed by atoms with van der Waals surface area (Å²) < 4.78 is 11.0. The highest BCUT2D eigenvalue weighted by Gasteiger charge is 2.35. The van der Waals surface area contributed by atoms with Gasteiger partial charge >= 0.3 is 5.97 Å². The molecule has 27 heavy (non-hydrogen) atoms. The molecule has 2 aromatic rings. The van der Waals surface area contributed by atoms with Crippen LogP contribution in [0.4, 0.5) is 5.69 Å². The summed E-state index contributed by atoms with van der Waals surface area (Å²) in [6.07, 6.45) is -0.299. The van der Waals surface area contributed by atoms with Gasteiger partial charge in [0.25, 0.3) is 0 Å². The van der Waals surface area contributed by atoms with Crippen LogP contribution in [-0.2, 0) is 9.59 Å². The number of aliphatic carboxylic acids is 1. The molecule has 2 atom stereocenters. The van der Waals surface area contributed by atoms with E-state index in [4.69, 9.17) is 21.1 Å². The molecule has 1 heterocycles. The molecule has 6 nitrogen and oxygen atoms in total. The largest absolute Gasteiger partial charge is 0.496 e. The Kier molecular flexibility index (Phi) is 5.82. The smallest absolute Gasteiger partial charge is 0.305 e. The van der Waals surface area contributed by atoms with E-state index in [9.17, 15) is 14.7 Å². The van der Waals surface area contributed by atoms with Gasteiger partial charge in [-0.1, -0.05) is 17.7 Å². The molecule has 2 N–H and O–H groups in total. The number of hydrogen-bond acceptors (Lipinski definition) is 5. The number of fused-ring (bicyclic) bond motifs is 1. The van der Waals surface area contributed by atoms with Crippen LogP contribution in [-0.4, -0.2) is 36.5 Å². The van der Waals surface area contributed by atoms with E-state index in [1.165, 1.54) is 11.8 Å². The van der Waals surface area contributed by atoms with Crippen molar-refractivity contribution in [2.24, 2.45) is 0 Å². The zero-order valence-corrected chi connectivity index (χ0v) is 16.3. The highest BCUT2D eigenvalue weighted by atomic mass is 35.5. The van der Waals surface area contributed by atoms with Crippen LogP contribution in [0.15, 0.2) is 36.4 Å². The van der Waals surface area contributed by atoms with Gasteiger partial charge in [-0.25, -0.2) is 0 Å². The summed E-state index contributed by atoms with van der Waals surface area (Å²) in [5.74, 6) is -0.234. The molecule has 0 bridgehead atoms. The number of halogens is 1. The predicted octanol–water partition coefficient (Wildman–Crippen LogP) is 3.98. The van der Waals surface area contributed by atoms with E-state index in [1.807, 2.05) is 0 Å². The number of thioether (sulfide) groups is 1. The molecule has 0 saturated heterocycles. The average molecular weight is 408 g/mol. The van der Waals surface area contributed by atoms with Crippen LogP contribution in [0.5, 0.6) is 11.5 Å². The Bertz CT molecular complexity index is 866. The van der Waals surface area contributed by atoms with Gasteiger partial charge in [-0.2, -0.15) is 0 Å². The van der Waals surface area contributed by atoms with Gasteiger partial charge in [-0.05, 0) is 35.9 Å². The minimum Gasteiger partial charge on any atom is -0.496 e. The summed E-state index contributed by atoms with van der Waals surface area (Å²) in [5, 5.41) is 11.4. The second-order valence-electron chi connectivity index (χ2n) is 5.90. The molecule has 1 aliphatic heterocycles. The normalized spacial score (nSPS) is 18.9. The number of carboxylic acids is 1.